The molecule has 4 nitrogen and oxygen atoms in total. The van der Waals surface area contributed by atoms with Crippen LogP contribution >= 0.6 is 0 Å². The maximum Gasteiger partial charge on any atom is 0.244 e. The molecule has 0 aliphatic heterocycles. The van der Waals surface area contributed by atoms with E-state index in [4.69, 9.17) is 0 Å². The number of allylic oxidation sites excluding steroid dienone is 2. The zero-order valence-electron chi connectivity index (χ0n) is 18.5. The molecule has 32 heavy (non-hydrogen) atoms. The number of aldehydes is 1. The van der Waals surface area contributed by atoms with E-state index in [-0.39, 0.29) is 18.0 Å². The summed E-state index contributed by atoms with van der Waals surface area (Å²) in [6.45, 7) is 6.19. The molecule has 0 N–H and O–H groups in total. The summed E-state index contributed by atoms with van der Waals surface area (Å²) in [6, 6.07) is 16.4. The lowest BCUT2D eigenvalue weighted by Gasteiger charge is -2.21. The Morgan fingerprint density at radius 2 is 1.72 bits per heavy atom. The van der Waals surface area contributed by atoms with Crippen LogP contribution in [0, 0.1) is 18.8 Å². The van der Waals surface area contributed by atoms with Gasteiger partial charge in [-0.2, -0.15) is 4.31 Å². The van der Waals surface area contributed by atoms with E-state index in [0.717, 1.165) is 60.7 Å². The van der Waals surface area contributed by atoms with Gasteiger partial charge in [0.15, 0.2) is 0 Å². The molecular weight excluding hydrogens is 418 g/mol. The van der Waals surface area contributed by atoms with Crippen molar-refractivity contribution in [2.24, 2.45) is 0 Å². The van der Waals surface area contributed by atoms with Crippen LogP contribution in [0.2, 0.25) is 0 Å². The number of benzene rings is 2. The van der Waals surface area contributed by atoms with Gasteiger partial charge in [-0.1, -0.05) is 72.9 Å². The highest BCUT2D eigenvalue weighted by atomic mass is 32.2. The van der Waals surface area contributed by atoms with Gasteiger partial charge < -0.3 is 0 Å². The standard InChI is InChI=1S/C27H29NO3S/c1-22-15-17-27(18-16-22)32(30,31)28(20-23(2)24-10-5-3-6-11-24)19-9-14-25-12-7-4-8-13-26(25)21-29/h3,5-6,10-11,15-18,21H,2,4,7-8,12-13,19-20H2,1H3. The monoisotopic (exact) mass is 447 g/mol. The predicted molar refractivity (Wildman–Crippen MR) is 129 cm³/mol. The fourth-order valence-electron chi connectivity index (χ4n) is 3.68. The van der Waals surface area contributed by atoms with Crippen molar-refractivity contribution in [1.29, 1.82) is 0 Å². The van der Waals surface area contributed by atoms with E-state index >= 15 is 0 Å². The molecule has 3 rings (SSSR count). The summed E-state index contributed by atoms with van der Waals surface area (Å²) in [7, 11) is -3.77. The Morgan fingerprint density at radius 3 is 2.41 bits per heavy atom. The van der Waals surface area contributed by atoms with Crippen molar-refractivity contribution in [1.82, 2.24) is 4.31 Å². The molecular formula is C27H29NO3S. The lowest BCUT2D eigenvalue weighted by molar-refractivity contribution is -0.105. The van der Waals surface area contributed by atoms with Crippen molar-refractivity contribution in [3.05, 3.63) is 83.4 Å². The second-order valence-electron chi connectivity index (χ2n) is 8.04. The van der Waals surface area contributed by atoms with Gasteiger partial charge in [-0.3, -0.25) is 4.79 Å². The van der Waals surface area contributed by atoms with Crippen LogP contribution in [0.4, 0.5) is 0 Å². The molecule has 166 valence electrons. The normalized spacial score (nSPS) is 14.4. The van der Waals surface area contributed by atoms with E-state index in [2.05, 4.69) is 18.4 Å². The van der Waals surface area contributed by atoms with Crippen LogP contribution in [0.3, 0.4) is 0 Å². The molecule has 0 saturated heterocycles. The molecule has 0 unspecified atom stereocenters. The highest BCUT2D eigenvalue weighted by molar-refractivity contribution is 7.89. The summed E-state index contributed by atoms with van der Waals surface area (Å²) in [4.78, 5) is 11.7. The molecule has 5 heteroatoms. The highest BCUT2D eigenvalue weighted by Crippen LogP contribution is 2.23. The van der Waals surface area contributed by atoms with Gasteiger partial charge in [0.1, 0.15) is 6.29 Å². The Morgan fingerprint density at radius 1 is 1.03 bits per heavy atom. The van der Waals surface area contributed by atoms with E-state index < -0.39 is 10.0 Å². The Kier molecular flexibility index (Phi) is 8.21. The molecule has 0 fully saturated rings. The lowest BCUT2D eigenvalue weighted by Crippen LogP contribution is -2.33. The number of hydrogen-bond acceptors (Lipinski definition) is 3. The quantitative estimate of drug-likeness (QED) is 0.435. The van der Waals surface area contributed by atoms with E-state index in [1.54, 1.807) is 24.3 Å². The van der Waals surface area contributed by atoms with Crippen molar-refractivity contribution in [2.45, 2.75) is 43.9 Å². The number of hydrogen-bond donors (Lipinski definition) is 0. The van der Waals surface area contributed by atoms with E-state index in [0.29, 0.717) is 5.57 Å². The average Bonchev–Trinajstić information content (AvgIpc) is 3.04. The van der Waals surface area contributed by atoms with Gasteiger partial charge >= 0.3 is 0 Å². The van der Waals surface area contributed by atoms with Gasteiger partial charge in [-0.15, -0.1) is 0 Å². The van der Waals surface area contributed by atoms with Gasteiger partial charge in [0, 0.05) is 17.7 Å². The molecule has 1 aliphatic rings. The lowest BCUT2D eigenvalue weighted by atomic mass is 10.1. The fourth-order valence-corrected chi connectivity index (χ4v) is 5.01. The molecule has 0 atom stereocenters. The first kappa shape index (κ1) is 23.7. The first-order chi connectivity index (χ1) is 15.4. The molecule has 1 aliphatic carbocycles. The third-order valence-corrected chi connectivity index (χ3v) is 7.41. The predicted octanol–water partition coefficient (Wildman–Crippen LogP) is 5.16. The number of nitrogens with zero attached hydrogens (tertiary/aromatic N) is 1. The van der Waals surface area contributed by atoms with Crippen molar-refractivity contribution >= 4 is 21.9 Å². The van der Waals surface area contributed by atoms with Gasteiger partial charge in [0.2, 0.25) is 10.0 Å². The maximum atomic E-state index is 13.4. The number of rotatable bonds is 7. The number of aryl methyl sites for hydroxylation is 1. The Hall–Kier alpha value is -2.94. The molecule has 0 spiro atoms. The minimum absolute atomic E-state index is 0.0255. The third-order valence-electron chi connectivity index (χ3n) is 5.61. The summed E-state index contributed by atoms with van der Waals surface area (Å²) in [5.74, 6) is 6.13. The molecule has 0 saturated carbocycles. The van der Waals surface area contributed by atoms with Crippen LogP contribution in [0.25, 0.3) is 5.57 Å². The van der Waals surface area contributed by atoms with Crippen molar-refractivity contribution in [3.8, 4) is 11.8 Å². The maximum absolute atomic E-state index is 13.4. The minimum atomic E-state index is -3.77. The molecule has 0 amide bonds. The topological polar surface area (TPSA) is 54.5 Å². The largest absolute Gasteiger partial charge is 0.298 e. The summed E-state index contributed by atoms with van der Waals surface area (Å²) in [5.41, 5.74) is 4.17. The zero-order chi connectivity index (χ0) is 23.0. The fraction of sp³-hybridized carbons (Fsp3) is 0.296. The van der Waals surface area contributed by atoms with E-state index in [1.807, 2.05) is 37.3 Å². The van der Waals surface area contributed by atoms with Gasteiger partial charge in [0.25, 0.3) is 0 Å². The highest BCUT2D eigenvalue weighted by Gasteiger charge is 2.24. The first-order valence-electron chi connectivity index (χ1n) is 10.9. The first-order valence-corrected chi connectivity index (χ1v) is 12.3. The summed E-state index contributed by atoms with van der Waals surface area (Å²) < 4.78 is 28.2. The summed E-state index contributed by atoms with van der Waals surface area (Å²) in [6.07, 6.45) is 5.47. The second-order valence-corrected chi connectivity index (χ2v) is 9.98. The van der Waals surface area contributed by atoms with Crippen molar-refractivity contribution < 1.29 is 13.2 Å². The molecule has 2 aromatic rings. The van der Waals surface area contributed by atoms with Gasteiger partial charge in [-0.05, 0) is 55.9 Å². The van der Waals surface area contributed by atoms with E-state index in [9.17, 15) is 13.2 Å². The van der Waals surface area contributed by atoms with Crippen molar-refractivity contribution in [3.63, 3.8) is 0 Å². The molecule has 2 aromatic carbocycles. The van der Waals surface area contributed by atoms with Crippen molar-refractivity contribution in [2.75, 3.05) is 13.1 Å². The van der Waals surface area contributed by atoms with Crippen LogP contribution in [-0.4, -0.2) is 32.1 Å². The Balaban J connectivity index is 1.90. The molecule has 0 aromatic heterocycles. The van der Waals surface area contributed by atoms with Gasteiger partial charge in [0.05, 0.1) is 11.4 Å². The summed E-state index contributed by atoms with van der Waals surface area (Å²) >= 11 is 0. The van der Waals surface area contributed by atoms with Crippen LogP contribution in [0.15, 0.2) is 77.2 Å². The SMILES string of the molecule is C=C(CN(CC#CC1=C(C=O)CCCCC1)S(=O)(=O)c1ccc(C)cc1)c1ccccc1. The average molecular weight is 448 g/mol. The molecule has 0 heterocycles. The molecule has 0 bridgehead atoms. The third kappa shape index (κ3) is 6.06. The van der Waals surface area contributed by atoms with Crippen LogP contribution < -0.4 is 0 Å². The minimum Gasteiger partial charge on any atom is -0.298 e. The Bertz CT molecular complexity index is 1150. The number of carbonyl (C=O) groups is 1. The Labute approximate surface area is 191 Å². The second kappa shape index (κ2) is 11.1. The van der Waals surface area contributed by atoms with Crippen LogP contribution in [0.1, 0.15) is 43.2 Å². The summed E-state index contributed by atoms with van der Waals surface area (Å²) in [5, 5.41) is 0. The van der Waals surface area contributed by atoms with Crippen LogP contribution in [0.5, 0.6) is 0 Å². The van der Waals surface area contributed by atoms with Crippen LogP contribution in [-0.2, 0) is 14.8 Å². The van der Waals surface area contributed by atoms with E-state index in [1.165, 1.54) is 4.31 Å². The van der Waals surface area contributed by atoms with Gasteiger partial charge in [-0.25, -0.2) is 8.42 Å². The smallest absolute Gasteiger partial charge is 0.244 e. The number of carbonyl (C=O) groups excluding carboxylic acids is 1. The zero-order valence-corrected chi connectivity index (χ0v) is 19.3. The molecule has 0 radical (unpaired) electrons. The number of sulfonamides is 1.